The molecule has 1 aromatic heterocycles. The Morgan fingerprint density at radius 2 is 1.89 bits per heavy atom. The summed E-state index contributed by atoms with van der Waals surface area (Å²) >= 11 is 0. The van der Waals surface area contributed by atoms with Gasteiger partial charge in [0.1, 0.15) is 0 Å². The second-order valence-corrected chi connectivity index (χ2v) is 7.40. The fraction of sp³-hybridized carbons (Fsp3) is 0.478. The Morgan fingerprint density at radius 1 is 1.11 bits per heavy atom. The molecule has 28 heavy (non-hydrogen) atoms. The third kappa shape index (κ3) is 5.32. The van der Waals surface area contributed by atoms with Crippen LogP contribution in [0.2, 0.25) is 0 Å². The van der Waals surface area contributed by atoms with Crippen LogP contribution in [0, 0.1) is 6.92 Å². The Kier molecular flexibility index (Phi) is 7.43. The van der Waals surface area contributed by atoms with Crippen LogP contribution in [0.1, 0.15) is 36.6 Å². The molecule has 1 aliphatic heterocycles. The molecule has 0 radical (unpaired) electrons. The first kappa shape index (κ1) is 20.3. The number of benzene rings is 1. The average molecular weight is 381 g/mol. The number of aromatic nitrogens is 1. The Morgan fingerprint density at radius 3 is 2.61 bits per heavy atom. The molecule has 5 nitrogen and oxygen atoms in total. The number of nitrogens with zero attached hydrogens (tertiary/aromatic N) is 2. The predicted molar refractivity (Wildman–Crippen MR) is 115 cm³/mol. The zero-order valence-electron chi connectivity index (χ0n) is 17.1. The molecular weight excluding hydrogens is 348 g/mol. The van der Waals surface area contributed by atoms with E-state index in [2.05, 4.69) is 59.8 Å². The number of aliphatic imine (C=N–C) groups is 1. The van der Waals surface area contributed by atoms with Crippen molar-refractivity contribution in [1.82, 2.24) is 15.6 Å². The zero-order valence-corrected chi connectivity index (χ0v) is 17.1. The van der Waals surface area contributed by atoms with E-state index in [0.29, 0.717) is 0 Å². The maximum atomic E-state index is 5.67. The van der Waals surface area contributed by atoms with Crippen LogP contribution in [-0.4, -0.2) is 43.8 Å². The summed E-state index contributed by atoms with van der Waals surface area (Å²) in [4.78, 5) is 9.36. The minimum absolute atomic E-state index is 0.0485. The molecule has 1 saturated heterocycles. The molecule has 1 aromatic carbocycles. The molecule has 1 fully saturated rings. The van der Waals surface area contributed by atoms with Crippen molar-refractivity contribution >= 4 is 5.96 Å². The molecule has 2 N–H and O–H groups in total. The smallest absolute Gasteiger partial charge is 0.191 e. The van der Waals surface area contributed by atoms with Crippen LogP contribution in [-0.2, 0) is 16.6 Å². The highest BCUT2D eigenvalue weighted by Gasteiger charge is 2.35. The van der Waals surface area contributed by atoms with Crippen LogP contribution in [0.3, 0.4) is 0 Å². The van der Waals surface area contributed by atoms with E-state index in [9.17, 15) is 0 Å². The van der Waals surface area contributed by atoms with Gasteiger partial charge in [-0.1, -0.05) is 30.3 Å². The maximum Gasteiger partial charge on any atom is 0.191 e. The number of pyridine rings is 1. The van der Waals surface area contributed by atoms with Gasteiger partial charge in [0.2, 0.25) is 0 Å². The third-order valence-electron chi connectivity index (χ3n) is 5.45. The van der Waals surface area contributed by atoms with E-state index >= 15 is 0 Å². The second kappa shape index (κ2) is 10.2. The topological polar surface area (TPSA) is 58.5 Å². The Labute approximate surface area is 168 Å². The number of nitrogens with one attached hydrogen (secondary N) is 2. The quantitative estimate of drug-likeness (QED) is 0.572. The summed E-state index contributed by atoms with van der Waals surface area (Å²) in [5.74, 6) is 0.873. The van der Waals surface area contributed by atoms with E-state index in [4.69, 9.17) is 9.73 Å². The molecule has 3 rings (SSSR count). The highest BCUT2D eigenvalue weighted by atomic mass is 16.5. The number of hydrogen-bond acceptors (Lipinski definition) is 3. The molecule has 2 aromatic rings. The van der Waals surface area contributed by atoms with E-state index in [-0.39, 0.29) is 5.41 Å². The molecule has 0 bridgehead atoms. The van der Waals surface area contributed by atoms with Gasteiger partial charge in [0.25, 0.3) is 0 Å². The van der Waals surface area contributed by atoms with E-state index in [1.165, 1.54) is 11.1 Å². The number of guanidine groups is 1. The minimum Gasteiger partial charge on any atom is -0.381 e. The fourth-order valence-electron chi connectivity index (χ4n) is 3.87. The van der Waals surface area contributed by atoms with Crippen molar-refractivity contribution in [2.75, 3.05) is 32.8 Å². The first-order valence-electron chi connectivity index (χ1n) is 10.3. The van der Waals surface area contributed by atoms with Crippen LogP contribution in [0.4, 0.5) is 0 Å². The normalized spacial score (nSPS) is 16.6. The summed E-state index contributed by atoms with van der Waals surface area (Å²) < 4.78 is 5.67. The summed E-state index contributed by atoms with van der Waals surface area (Å²) in [5, 5.41) is 6.84. The molecule has 0 unspecified atom stereocenters. The summed E-state index contributed by atoms with van der Waals surface area (Å²) in [6.45, 7) is 8.31. The van der Waals surface area contributed by atoms with Crippen molar-refractivity contribution in [3.63, 3.8) is 0 Å². The summed E-state index contributed by atoms with van der Waals surface area (Å²) in [6, 6.07) is 14.7. The lowest BCUT2D eigenvalue weighted by Gasteiger charge is -2.37. The highest BCUT2D eigenvalue weighted by molar-refractivity contribution is 5.79. The molecule has 0 amide bonds. The highest BCUT2D eigenvalue weighted by Crippen LogP contribution is 2.36. The maximum absolute atomic E-state index is 5.67. The first-order chi connectivity index (χ1) is 13.7. The van der Waals surface area contributed by atoms with Gasteiger partial charge in [-0.25, -0.2) is 0 Å². The third-order valence-corrected chi connectivity index (χ3v) is 5.45. The Bertz CT molecular complexity index is 754. The molecule has 5 heteroatoms. The van der Waals surface area contributed by atoms with Gasteiger partial charge < -0.3 is 15.4 Å². The Balaban J connectivity index is 1.70. The minimum atomic E-state index is 0.0485. The van der Waals surface area contributed by atoms with Gasteiger partial charge in [-0.15, -0.1) is 0 Å². The number of rotatable bonds is 7. The summed E-state index contributed by atoms with van der Waals surface area (Å²) in [5.41, 5.74) is 3.89. The Hall–Kier alpha value is -2.40. The molecule has 150 valence electrons. The number of hydrogen-bond donors (Lipinski definition) is 2. The standard InChI is InChI=1S/C23H32N4O/c1-3-24-22(26-15-11-20-9-6-7-14-25-20)27-18-23(12-16-28-17-13-23)21-10-5-4-8-19(21)2/h4-10,14H,3,11-13,15-18H2,1-2H3,(H2,24,26,27). The van der Waals surface area contributed by atoms with E-state index in [0.717, 1.165) is 63.8 Å². The van der Waals surface area contributed by atoms with Crippen LogP contribution < -0.4 is 10.6 Å². The van der Waals surface area contributed by atoms with E-state index < -0.39 is 0 Å². The predicted octanol–water partition coefficient (Wildman–Crippen LogP) is 3.24. The van der Waals surface area contributed by atoms with Crippen LogP contribution >= 0.6 is 0 Å². The molecule has 1 aliphatic rings. The van der Waals surface area contributed by atoms with Gasteiger partial charge in [0, 0.05) is 50.0 Å². The monoisotopic (exact) mass is 380 g/mol. The zero-order chi connectivity index (χ0) is 19.7. The van der Waals surface area contributed by atoms with Gasteiger partial charge in [-0.05, 0) is 49.9 Å². The van der Waals surface area contributed by atoms with Gasteiger partial charge in [0.15, 0.2) is 5.96 Å². The van der Waals surface area contributed by atoms with Gasteiger partial charge >= 0.3 is 0 Å². The van der Waals surface area contributed by atoms with Crippen molar-refractivity contribution in [1.29, 1.82) is 0 Å². The lowest BCUT2D eigenvalue weighted by molar-refractivity contribution is 0.0529. The van der Waals surface area contributed by atoms with E-state index in [1.807, 2.05) is 18.3 Å². The average Bonchev–Trinajstić information content (AvgIpc) is 2.74. The van der Waals surface area contributed by atoms with Crippen molar-refractivity contribution in [3.05, 3.63) is 65.5 Å². The summed E-state index contributed by atoms with van der Waals surface area (Å²) in [6.07, 6.45) is 4.73. The molecule has 0 atom stereocenters. The molecule has 2 heterocycles. The lowest BCUT2D eigenvalue weighted by Crippen LogP contribution is -2.42. The van der Waals surface area contributed by atoms with E-state index in [1.54, 1.807) is 0 Å². The van der Waals surface area contributed by atoms with Crippen molar-refractivity contribution in [2.45, 2.75) is 38.5 Å². The molecule has 0 aliphatic carbocycles. The van der Waals surface area contributed by atoms with Crippen molar-refractivity contribution in [2.24, 2.45) is 4.99 Å². The fourth-order valence-corrected chi connectivity index (χ4v) is 3.87. The van der Waals surface area contributed by atoms with Crippen LogP contribution in [0.15, 0.2) is 53.7 Å². The first-order valence-corrected chi connectivity index (χ1v) is 10.3. The lowest BCUT2D eigenvalue weighted by atomic mass is 9.72. The molecular formula is C23H32N4O. The number of aryl methyl sites for hydroxylation is 1. The van der Waals surface area contributed by atoms with Gasteiger partial charge in [-0.2, -0.15) is 0 Å². The van der Waals surface area contributed by atoms with Crippen LogP contribution in [0.25, 0.3) is 0 Å². The second-order valence-electron chi connectivity index (χ2n) is 7.40. The SMILES string of the molecule is CCNC(=NCC1(c2ccccc2C)CCOCC1)NCCc1ccccn1. The van der Waals surface area contributed by atoms with Gasteiger partial charge in [-0.3, -0.25) is 9.98 Å². The molecule has 0 spiro atoms. The largest absolute Gasteiger partial charge is 0.381 e. The molecule has 0 saturated carbocycles. The summed E-state index contributed by atoms with van der Waals surface area (Å²) in [7, 11) is 0. The van der Waals surface area contributed by atoms with Crippen LogP contribution in [0.5, 0.6) is 0 Å². The van der Waals surface area contributed by atoms with Crippen molar-refractivity contribution < 1.29 is 4.74 Å². The number of ether oxygens (including phenoxy) is 1. The van der Waals surface area contributed by atoms with Gasteiger partial charge in [0.05, 0.1) is 6.54 Å². The van der Waals surface area contributed by atoms with Crippen molar-refractivity contribution in [3.8, 4) is 0 Å².